The summed E-state index contributed by atoms with van der Waals surface area (Å²) in [7, 11) is 0. The molecule has 8 nitrogen and oxygen atoms in total. The average molecular weight is 519 g/mol. The predicted molar refractivity (Wildman–Crippen MR) is 149 cm³/mol. The lowest BCUT2D eigenvalue weighted by Crippen LogP contribution is -2.01. The molecule has 0 atom stereocenters. The minimum atomic E-state index is -0.185. The number of ether oxygens (including phenoxy) is 2. The highest BCUT2D eigenvalue weighted by atomic mass is 16.5. The van der Waals surface area contributed by atoms with Gasteiger partial charge >= 0.3 is 0 Å². The van der Waals surface area contributed by atoms with Crippen molar-refractivity contribution in [2.24, 2.45) is 0 Å². The molecule has 0 saturated heterocycles. The van der Waals surface area contributed by atoms with E-state index < -0.39 is 0 Å². The second-order valence-electron chi connectivity index (χ2n) is 9.39. The number of nitrogens with one attached hydrogen (secondary N) is 2. The summed E-state index contributed by atoms with van der Waals surface area (Å²) in [6, 6.07) is 27.3. The average Bonchev–Trinajstić information content (AvgIpc) is 3.61. The second-order valence-corrected chi connectivity index (χ2v) is 9.39. The van der Waals surface area contributed by atoms with Gasteiger partial charge in [-0.05, 0) is 37.1 Å². The zero-order valence-corrected chi connectivity index (χ0v) is 21.4. The quantitative estimate of drug-likeness (QED) is 0.273. The maximum absolute atomic E-state index is 9.53. The zero-order chi connectivity index (χ0) is 28.0. The fourth-order valence-electron chi connectivity index (χ4n) is 4.82. The highest BCUT2D eigenvalue weighted by molar-refractivity contribution is 6.11. The lowest BCUT2D eigenvalue weighted by molar-refractivity contribution is 0.455. The molecule has 0 aromatic heterocycles. The second kappa shape index (κ2) is 9.26. The van der Waals surface area contributed by atoms with Crippen LogP contribution in [-0.4, -0.2) is 0 Å². The Morgan fingerprint density at radius 3 is 1.25 bits per heavy atom. The van der Waals surface area contributed by atoms with Crippen LogP contribution < -0.4 is 20.1 Å². The molecule has 4 aromatic carbocycles. The van der Waals surface area contributed by atoms with Crippen molar-refractivity contribution in [3.05, 3.63) is 94.7 Å². The summed E-state index contributed by atoms with van der Waals surface area (Å²) in [5.74, 6) is 0.969. The van der Waals surface area contributed by atoms with Crippen LogP contribution in [0.5, 0.6) is 11.5 Å². The summed E-state index contributed by atoms with van der Waals surface area (Å²) in [5, 5.41) is 45.7. The molecule has 40 heavy (non-hydrogen) atoms. The first-order valence-electron chi connectivity index (χ1n) is 12.3. The molecule has 188 valence electrons. The van der Waals surface area contributed by atoms with Crippen LogP contribution in [0.4, 0.5) is 11.4 Å². The highest BCUT2D eigenvalue weighted by Crippen LogP contribution is 2.54. The molecule has 0 amide bonds. The third kappa shape index (κ3) is 3.74. The summed E-state index contributed by atoms with van der Waals surface area (Å²) < 4.78 is 12.3. The number of allylic oxidation sites excluding steroid dienone is 2. The molecule has 0 unspecified atom stereocenters. The van der Waals surface area contributed by atoms with Crippen molar-refractivity contribution in [1.29, 1.82) is 21.0 Å². The van der Waals surface area contributed by atoms with Crippen LogP contribution in [0.2, 0.25) is 0 Å². The number of hydrogen-bond acceptors (Lipinski definition) is 8. The van der Waals surface area contributed by atoms with Crippen molar-refractivity contribution in [2.75, 3.05) is 10.6 Å². The van der Waals surface area contributed by atoms with Crippen molar-refractivity contribution in [3.8, 4) is 58.0 Å². The van der Waals surface area contributed by atoms with E-state index in [2.05, 4.69) is 10.6 Å². The van der Waals surface area contributed by atoms with Gasteiger partial charge in [-0.3, -0.25) is 0 Å². The Labute approximate surface area is 229 Å². The lowest BCUT2D eigenvalue weighted by atomic mass is 9.93. The van der Waals surface area contributed by atoms with Gasteiger partial charge in [-0.2, -0.15) is 21.0 Å². The van der Waals surface area contributed by atoms with E-state index in [1.165, 1.54) is 0 Å². The molecule has 2 N–H and O–H groups in total. The van der Waals surface area contributed by atoms with Crippen molar-refractivity contribution in [2.45, 2.75) is 13.8 Å². The summed E-state index contributed by atoms with van der Waals surface area (Å²) in [6.07, 6.45) is 0. The molecule has 6 rings (SSSR count). The fraction of sp³-hybridized carbons (Fsp3) is 0.0625. The lowest BCUT2D eigenvalue weighted by Gasteiger charge is -2.15. The number of nitriles is 4. The maximum Gasteiger partial charge on any atom is 0.226 e. The zero-order valence-electron chi connectivity index (χ0n) is 21.4. The first-order valence-corrected chi connectivity index (χ1v) is 12.3. The number of anilines is 2. The first-order chi connectivity index (χ1) is 19.4. The van der Waals surface area contributed by atoms with E-state index in [1.54, 1.807) is 0 Å². The third-order valence-electron chi connectivity index (χ3n) is 6.86. The Morgan fingerprint density at radius 1 is 0.575 bits per heavy atom. The van der Waals surface area contributed by atoms with Crippen molar-refractivity contribution in [3.63, 3.8) is 0 Å². The van der Waals surface area contributed by atoms with E-state index in [9.17, 15) is 21.0 Å². The van der Waals surface area contributed by atoms with Crippen molar-refractivity contribution in [1.82, 2.24) is 0 Å². The van der Waals surface area contributed by atoms with Gasteiger partial charge in [-0.1, -0.05) is 59.7 Å². The van der Waals surface area contributed by atoms with E-state index in [-0.39, 0.29) is 22.9 Å². The summed E-state index contributed by atoms with van der Waals surface area (Å²) in [4.78, 5) is 0. The largest absolute Gasteiger partial charge is 0.436 e. The molecule has 8 heteroatoms. The maximum atomic E-state index is 9.53. The number of fused-ring (bicyclic) bond motifs is 5. The van der Waals surface area contributed by atoms with Gasteiger partial charge in [0.15, 0.2) is 22.6 Å². The van der Waals surface area contributed by atoms with Gasteiger partial charge < -0.3 is 20.1 Å². The summed E-state index contributed by atoms with van der Waals surface area (Å²) >= 11 is 0. The van der Waals surface area contributed by atoms with Gasteiger partial charge in [0.2, 0.25) is 11.8 Å². The molecule has 0 fully saturated rings. The molecule has 2 aliphatic heterocycles. The molecule has 0 radical (unpaired) electrons. The minimum absolute atomic E-state index is 0.0501. The van der Waals surface area contributed by atoms with Gasteiger partial charge in [0.1, 0.15) is 24.3 Å². The van der Waals surface area contributed by atoms with E-state index in [0.29, 0.717) is 33.6 Å². The van der Waals surface area contributed by atoms with E-state index in [1.807, 2.05) is 98.8 Å². The van der Waals surface area contributed by atoms with Crippen LogP contribution in [0.25, 0.3) is 33.0 Å². The summed E-state index contributed by atoms with van der Waals surface area (Å²) in [5.41, 5.74) is 6.32. The van der Waals surface area contributed by atoms with E-state index in [0.717, 1.165) is 33.4 Å². The molecule has 0 bridgehead atoms. The number of benzene rings is 4. The number of nitrogens with zero attached hydrogens (tertiary/aromatic N) is 4. The third-order valence-corrected chi connectivity index (χ3v) is 6.86. The molecule has 2 heterocycles. The normalized spacial score (nSPS) is 12.3. The Bertz CT molecular complexity index is 1810. The van der Waals surface area contributed by atoms with Crippen LogP contribution in [0.15, 0.2) is 83.6 Å². The number of aryl methyl sites for hydroxylation is 2. The van der Waals surface area contributed by atoms with Crippen molar-refractivity contribution >= 4 is 22.1 Å². The Kier molecular flexibility index (Phi) is 5.59. The molecule has 4 aromatic rings. The molecule has 0 saturated carbocycles. The van der Waals surface area contributed by atoms with E-state index >= 15 is 0 Å². The van der Waals surface area contributed by atoms with Crippen LogP contribution >= 0.6 is 0 Å². The van der Waals surface area contributed by atoms with E-state index in [4.69, 9.17) is 9.47 Å². The Morgan fingerprint density at radius 2 is 0.925 bits per heavy atom. The predicted octanol–water partition coefficient (Wildman–Crippen LogP) is 6.92. The number of hydrogen-bond donors (Lipinski definition) is 2. The molecule has 0 aliphatic carbocycles. The highest BCUT2D eigenvalue weighted by Gasteiger charge is 2.33. The molecular formula is C32H18N6O2. The summed E-state index contributed by atoms with van der Waals surface area (Å²) in [6.45, 7) is 4.00. The van der Waals surface area contributed by atoms with Crippen molar-refractivity contribution < 1.29 is 9.47 Å². The Hall–Kier alpha value is -6.22. The van der Waals surface area contributed by atoms with Gasteiger partial charge in [-0.25, -0.2) is 0 Å². The van der Waals surface area contributed by atoms with Crippen LogP contribution in [0.1, 0.15) is 11.1 Å². The standard InChI is InChI=1S/C32H18N6O2/c1-17-3-7-19(8-4-17)23-11-25-26(29-27(23)37-31(39-29)21(13-33)14-34)12-24(20-9-5-18(2)6-10-20)28-30(25)40-32(38-28)22(15-35)16-36/h3-12,37-38H,1-2H3. The van der Waals surface area contributed by atoms with Gasteiger partial charge in [0, 0.05) is 21.9 Å². The molecular weight excluding hydrogens is 500 g/mol. The smallest absolute Gasteiger partial charge is 0.226 e. The van der Waals surface area contributed by atoms with Crippen LogP contribution in [-0.2, 0) is 0 Å². The molecule has 2 aliphatic rings. The minimum Gasteiger partial charge on any atom is -0.436 e. The Balaban J connectivity index is 1.71. The van der Waals surface area contributed by atoms with Gasteiger partial charge in [-0.15, -0.1) is 0 Å². The van der Waals surface area contributed by atoms with Crippen LogP contribution in [0, 0.1) is 59.2 Å². The van der Waals surface area contributed by atoms with Crippen LogP contribution in [0.3, 0.4) is 0 Å². The first kappa shape index (κ1) is 24.1. The molecule has 0 spiro atoms. The number of rotatable bonds is 2. The van der Waals surface area contributed by atoms with Gasteiger partial charge in [0.25, 0.3) is 0 Å². The monoisotopic (exact) mass is 518 g/mol. The van der Waals surface area contributed by atoms with Gasteiger partial charge in [0.05, 0.1) is 11.4 Å². The topological polar surface area (TPSA) is 138 Å². The SMILES string of the molecule is Cc1ccc(-c2cc3c4c(c(-c5ccc(C)cc5)cc3c3c2NC(=C(C#N)C#N)O3)NC(=C(C#N)C#N)O4)cc1. The fourth-order valence-corrected chi connectivity index (χ4v) is 4.82.